The average Bonchev–Trinajstić information content (AvgIpc) is 2.80. The third-order valence-corrected chi connectivity index (χ3v) is 3.75. The van der Waals surface area contributed by atoms with E-state index >= 15 is 0 Å². The van der Waals surface area contributed by atoms with E-state index in [0.29, 0.717) is 11.3 Å². The summed E-state index contributed by atoms with van der Waals surface area (Å²) in [5, 5.41) is 16.0. The van der Waals surface area contributed by atoms with Gasteiger partial charge in [-0.1, -0.05) is 6.07 Å². The zero-order valence-electron chi connectivity index (χ0n) is 11.1. The summed E-state index contributed by atoms with van der Waals surface area (Å²) in [5.41, 5.74) is 4.05. The molecule has 1 aliphatic heterocycles. The first kappa shape index (κ1) is 14.5. The fourth-order valence-corrected chi connectivity index (χ4v) is 2.55. The summed E-state index contributed by atoms with van der Waals surface area (Å²) in [6.07, 6.45) is 0. The molecule has 110 valence electrons. The number of phenols is 1. The van der Waals surface area contributed by atoms with Crippen molar-refractivity contribution < 1.29 is 14.7 Å². The maximum atomic E-state index is 12.0. The largest absolute Gasteiger partial charge is 0.508 e. The molecule has 0 atom stereocenters. The molecule has 3 N–H and O–H groups in total. The molecule has 0 fully saturated rings. The molecule has 0 aromatic heterocycles. The standard InChI is InChI=1S/C15H10IN3O3/c16-9-4-5-12-11(7-9)13(15(22)17-12)18-19-14(21)8-2-1-3-10(20)6-8/h1-7,20H,(H,19,21)(H,17,18,22). The second-order valence-electron chi connectivity index (χ2n) is 4.60. The lowest BCUT2D eigenvalue weighted by atomic mass is 10.1. The van der Waals surface area contributed by atoms with E-state index in [9.17, 15) is 14.7 Å². The Morgan fingerprint density at radius 2 is 2.05 bits per heavy atom. The number of nitrogens with one attached hydrogen (secondary N) is 2. The highest BCUT2D eigenvalue weighted by molar-refractivity contribution is 14.1. The van der Waals surface area contributed by atoms with Gasteiger partial charge in [0.2, 0.25) is 0 Å². The lowest BCUT2D eigenvalue weighted by molar-refractivity contribution is -0.110. The molecule has 22 heavy (non-hydrogen) atoms. The molecule has 0 bridgehead atoms. The van der Waals surface area contributed by atoms with Crippen LogP contribution < -0.4 is 10.7 Å². The van der Waals surface area contributed by atoms with Gasteiger partial charge in [-0.3, -0.25) is 9.59 Å². The number of hydrazone groups is 1. The number of phenolic OH excluding ortho intramolecular Hbond substituents is 1. The highest BCUT2D eigenvalue weighted by atomic mass is 127. The molecule has 0 aliphatic carbocycles. The zero-order valence-corrected chi connectivity index (χ0v) is 13.3. The summed E-state index contributed by atoms with van der Waals surface area (Å²) in [7, 11) is 0. The molecule has 1 heterocycles. The number of hydrogen-bond acceptors (Lipinski definition) is 4. The lowest BCUT2D eigenvalue weighted by Gasteiger charge is -2.02. The predicted molar refractivity (Wildman–Crippen MR) is 89.9 cm³/mol. The molecule has 7 heteroatoms. The number of anilines is 1. The fourth-order valence-electron chi connectivity index (χ4n) is 2.05. The molecule has 0 radical (unpaired) electrons. The van der Waals surface area contributed by atoms with Crippen molar-refractivity contribution in [2.24, 2.45) is 5.10 Å². The van der Waals surface area contributed by atoms with Gasteiger partial charge in [0, 0.05) is 14.7 Å². The van der Waals surface area contributed by atoms with Gasteiger partial charge in [0.25, 0.3) is 11.8 Å². The van der Waals surface area contributed by atoms with Crippen LogP contribution in [-0.4, -0.2) is 22.6 Å². The maximum Gasteiger partial charge on any atom is 0.276 e. The number of carbonyl (C=O) groups excluding carboxylic acids is 2. The topological polar surface area (TPSA) is 90.8 Å². The number of aromatic hydroxyl groups is 1. The van der Waals surface area contributed by atoms with E-state index in [4.69, 9.17) is 0 Å². The van der Waals surface area contributed by atoms with E-state index in [-0.39, 0.29) is 22.9 Å². The number of rotatable bonds is 2. The third-order valence-electron chi connectivity index (χ3n) is 3.08. The fraction of sp³-hybridized carbons (Fsp3) is 0. The third kappa shape index (κ3) is 2.80. The van der Waals surface area contributed by atoms with E-state index in [1.165, 1.54) is 12.1 Å². The van der Waals surface area contributed by atoms with E-state index in [1.54, 1.807) is 18.2 Å². The summed E-state index contributed by atoms with van der Waals surface area (Å²) in [6.45, 7) is 0. The van der Waals surface area contributed by atoms with Crippen LogP contribution in [0.15, 0.2) is 47.6 Å². The number of amides is 2. The van der Waals surface area contributed by atoms with Gasteiger partial charge in [0.05, 0.1) is 5.69 Å². The van der Waals surface area contributed by atoms with Gasteiger partial charge in [0.15, 0.2) is 5.71 Å². The van der Waals surface area contributed by atoms with Crippen molar-refractivity contribution in [3.8, 4) is 5.75 Å². The first-order chi connectivity index (χ1) is 10.5. The van der Waals surface area contributed by atoms with Crippen LogP contribution in [0.3, 0.4) is 0 Å². The maximum absolute atomic E-state index is 12.0. The van der Waals surface area contributed by atoms with Gasteiger partial charge < -0.3 is 10.4 Å². The minimum Gasteiger partial charge on any atom is -0.508 e. The van der Waals surface area contributed by atoms with Crippen LogP contribution in [0.1, 0.15) is 15.9 Å². The number of halogens is 1. The molecule has 2 amide bonds. The molecule has 0 saturated heterocycles. The van der Waals surface area contributed by atoms with Gasteiger partial charge in [-0.15, -0.1) is 0 Å². The molecular formula is C15H10IN3O3. The summed E-state index contributed by atoms with van der Waals surface area (Å²) in [6, 6.07) is 11.3. The minimum absolute atomic E-state index is 0.0150. The van der Waals surface area contributed by atoms with Crippen LogP contribution in [0.25, 0.3) is 0 Å². The first-order valence-electron chi connectivity index (χ1n) is 6.33. The normalized spacial score (nSPS) is 14.6. The van der Waals surface area contributed by atoms with E-state index in [1.807, 2.05) is 12.1 Å². The van der Waals surface area contributed by atoms with E-state index < -0.39 is 5.91 Å². The summed E-state index contributed by atoms with van der Waals surface area (Å²) < 4.78 is 0.958. The Morgan fingerprint density at radius 1 is 1.23 bits per heavy atom. The van der Waals surface area contributed by atoms with Crippen molar-refractivity contribution in [3.63, 3.8) is 0 Å². The minimum atomic E-state index is -0.504. The average molecular weight is 407 g/mol. The van der Waals surface area contributed by atoms with Crippen molar-refractivity contribution in [2.45, 2.75) is 0 Å². The second kappa shape index (κ2) is 5.76. The van der Waals surface area contributed by atoms with Crippen molar-refractivity contribution >= 4 is 45.8 Å². The lowest BCUT2D eigenvalue weighted by Crippen LogP contribution is -2.23. The number of carbonyl (C=O) groups is 2. The van der Waals surface area contributed by atoms with Gasteiger partial charge in [-0.2, -0.15) is 5.10 Å². The van der Waals surface area contributed by atoms with Gasteiger partial charge >= 0.3 is 0 Å². The smallest absolute Gasteiger partial charge is 0.276 e. The molecule has 0 unspecified atom stereocenters. The van der Waals surface area contributed by atoms with Crippen molar-refractivity contribution in [1.82, 2.24) is 5.43 Å². The Labute approximate surface area is 139 Å². The number of nitrogens with zero attached hydrogens (tertiary/aromatic N) is 1. The van der Waals surface area contributed by atoms with Gasteiger partial charge in [0.1, 0.15) is 5.75 Å². The van der Waals surface area contributed by atoms with Crippen LogP contribution in [0.2, 0.25) is 0 Å². The highest BCUT2D eigenvalue weighted by Crippen LogP contribution is 2.25. The molecular weight excluding hydrogens is 397 g/mol. The van der Waals surface area contributed by atoms with Crippen molar-refractivity contribution in [2.75, 3.05) is 5.32 Å². The van der Waals surface area contributed by atoms with Crippen molar-refractivity contribution in [3.05, 3.63) is 57.2 Å². The Kier molecular flexibility index (Phi) is 3.80. The van der Waals surface area contributed by atoms with E-state index in [2.05, 4.69) is 38.4 Å². The Morgan fingerprint density at radius 3 is 2.82 bits per heavy atom. The zero-order chi connectivity index (χ0) is 15.7. The summed E-state index contributed by atoms with van der Waals surface area (Å²) in [4.78, 5) is 23.9. The Hall–Kier alpha value is -2.42. The quantitative estimate of drug-likeness (QED) is 0.526. The molecule has 2 aromatic rings. The Bertz CT molecular complexity index is 817. The van der Waals surface area contributed by atoms with Crippen LogP contribution in [0.4, 0.5) is 5.69 Å². The van der Waals surface area contributed by atoms with Crippen molar-refractivity contribution in [1.29, 1.82) is 0 Å². The van der Waals surface area contributed by atoms with Crippen LogP contribution >= 0.6 is 22.6 Å². The summed E-state index contributed by atoms with van der Waals surface area (Å²) in [5.74, 6) is -0.887. The van der Waals surface area contributed by atoms with Crippen LogP contribution in [-0.2, 0) is 4.79 Å². The number of fused-ring (bicyclic) bond motifs is 1. The monoisotopic (exact) mass is 407 g/mol. The summed E-state index contributed by atoms with van der Waals surface area (Å²) >= 11 is 2.14. The molecule has 2 aromatic carbocycles. The van der Waals surface area contributed by atoms with E-state index in [0.717, 1.165) is 3.57 Å². The molecule has 0 saturated carbocycles. The number of benzene rings is 2. The Balaban J connectivity index is 1.86. The highest BCUT2D eigenvalue weighted by Gasteiger charge is 2.26. The van der Waals surface area contributed by atoms with Gasteiger partial charge in [-0.05, 0) is 59.0 Å². The first-order valence-corrected chi connectivity index (χ1v) is 7.41. The molecule has 3 rings (SSSR count). The molecule has 1 aliphatic rings. The predicted octanol–water partition coefficient (Wildman–Crippen LogP) is 2.08. The second-order valence-corrected chi connectivity index (χ2v) is 5.84. The molecule has 0 spiro atoms. The molecule has 6 nitrogen and oxygen atoms in total. The number of hydrogen-bond donors (Lipinski definition) is 3. The van der Waals surface area contributed by atoms with Gasteiger partial charge in [-0.25, -0.2) is 5.43 Å². The van der Waals surface area contributed by atoms with Crippen LogP contribution in [0.5, 0.6) is 5.75 Å². The SMILES string of the molecule is O=C1Nc2ccc(I)cc2/C1=N\NC(=O)c1cccc(O)c1. The van der Waals surface area contributed by atoms with Crippen LogP contribution in [0, 0.1) is 3.57 Å².